The molecule has 6 nitrogen and oxygen atoms in total. The van der Waals surface area contributed by atoms with E-state index in [1.807, 2.05) is 19.0 Å². The third-order valence-corrected chi connectivity index (χ3v) is 3.46. The molecule has 1 amide bonds. The summed E-state index contributed by atoms with van der Waals surface area (Å²) in [5.41, 5.74) is 1.38. The van der Waals surface area contributed by atoms with Gasteiger partial charge in [-0.05, 0) is 24.3 Å². The summed E-state index contributed by atoms with van der Waals surface area (Å²) in [4.78, 5) is 26.6. The van der Waals surface area contributed by atoms with E-state index in [0.29, 0.717) is 5.56 Å². The second kappa shape index (κ2) is 5.50. The van der Waals surface area contributed by atoms with Crippen molar-refractivity contribution in [1.29, 1.82) is 0 Å². The lowest BCUT2D eigenvalue weighted by Crippen LogP contribution is -2.40. The highest BCUT2D eigenvalue weighted by atomic mass is 16.4. The zero-order valence-corrected chi connectivity index (χ0v) is 11.5. The Morgan fingerprint density at radius 3 is 2.35 bits per heavy atom. The summed E-state index contributed by atoms with van der Waals surface area (Å²) in [5, 5.41) is 18.7. The normalized spacial score (nSPS) is 21.9. The van der Waals surface area contributed by atoms with E-state index in [2.05, 4.69) is 0 Å². The van der Waals surface area contributed by atoms with E-state index in [0.717, 1.165) is 5.69 Å². The number of hydrogen-bond acceptors (Lipinski definition) is 4. The van der Waals surface area contributed by atoms with E-state index in [1.54, 1.807) is 24.3 Å². The van der Waals surface area contributed by atoms with Crippen molar-refractivity contribution in [3.63, 3.8) is 0 Å². The van der Waals surface area contributed by atoms with Crippen molar-refractivity contribution in [3.05, 3.63) is 29.8 Å². The van der Waals surface area contributed by atoms with Crippen LogP contribution in [0.25, 0.3) is 0 Å². The predicted molar refractivity (Wildman–Crippen MR) is 73.9 cm³/mol. The number of carbonyl (C=O) groups excluding carboxylic acids is 1. The molecular weight excluding hydrogens is 260 g/mol. The molecule has 0 unspecified atom stereocenters. The summed E-state index contributed by atoms with van der Waals surface area (Å²) in [5.74, 6) is -1.45. The second-order valence-corrected chi connectivity index (χ2v) is 5.14. The number of β-amino-alcohol motifs (C(OH)–C–C–N with tert-alkyl or cyclic N) is 1. The smallest absolute Gasteiger partial charge is 0.326 e. The molecule has 20 heavy (non-hydrogen) atoms. The van der Waals surface area contributed by atoms with Gasteiger partial charge in [-0.25, -0.2) is 4.79 Å². The van der Waals surface area contributed by atoms with Crippen molar-refractivity contribution >= 4 is 17.6 Å². The largest absolute Gasteiger partial charge is 0.480 e. The molecule has 2 N–H and O–H groups in total. The van der Waals surface area contributed by atoms with Crippen LogP contribution >= 0.6 is 0 Å². The molecule has 0 radical (unpaired) electrons. The first-order valence-electron chi connectivity index (χ1n) is 6.39. The topological polar surface area (TPSA) is 81.1 Å². The highest BCUT2D eigenvalue weighted by molar-refractivity contribution is 5.97. The molecule has 1 saturated heterocycles. The molecular formula is C14H18N2O4. The fraction of sp³-hybridized carbons (Fsp3) is 0.429. The quantitative estimate of drug-likeness (QED) is 0.837. The van der Waals surface area contributed by atoms with Gasteiger partial charge >= 0.3 is 5.97 Å². The number of rotatable bonds is 3. The van der Waals surface area contributed by atoms with Crippen LogP contribution < -0.4 is 4.90 Å². The lowest BCUT2D eigenvalue weighted by molar-refractivity contribution is -0.141. The summed E-state index contributed by atoms with van der Waals surface area (Å²) < 4.78 is 0. The molecule has 0 aromatic heterocycles. The first-order chi connectivity index (χ1) is 9.40. The lowest BCUT2D eigenvalue weighted by Gasteiger charge is -2.21. The van der Waals surface area contributed by atoms with Crippen LogP contribution in [0.2, 0.25) is 0 Å². The minimum Gasteiger partial charge on any atom is -0.480 e. The van der Waals surface area contributed by atoms with E-state index in [4.69, 9.17) is 5.11 Å². The summed E-state index contributed by atoms with van der Waals surface area (Å²) in [6.45, 7) is 0.0607. The monoisotopic (exact) mass is 278 g/mol. The summed E-state index contributed by atoms with van der Waals surface area (Å²) in [6.07, 6.45) is -0.697. The van der Waals surface area contributed by atoms with E-state index < -0.39 is 18.1 Å². The molecule has 1 aliphatic heterocycles. The fourth-order valence-electron chi connectivity index (χ4n) is 2.34. The van der Waals surface area contributed by atoms with Gasteiger partial charge in [0, 0.05) is 38.3 Å². The van der Waals surface area contributed by atoms with E-state index in [-0.39, 0.29) is 18.9 Å². The number of nitrogens with zero attached hydrogens (tertiary/aromatic N) is 2. The van der Waals surface area contributed by atoms with E-state index in [1.165, 1.54) is 4.90 Å². The summed E-state index contributed by atoms with van der Waals surface area (Å²) in [6, 6.07) is 5.99. The number of carboxylic acids is 1. The lowest BCUT2D eigenvalue weighted by atomic mass is 10.1. The van der Waals surface area contributed by atoms with Crippen molar-refractivity contribution in [2.45, 2.75) is 18.6 Å². The first kappa shape index (κ1) is 14.3. The van der Waals surface area contributed by atoms with Crippen LogP contribution in [0.3, 0.4) is 0 Å². The summed E-state index contributed by atoms with van der Waals surface area (Å²) >= 11 is 0. The highest BCUT2D eigenvalue weighted by Crippen LogP contribution is 2.22. The molecule has 0 bridgehead atoms. The van der Waals surface area contributed by atoms with Crippen LogP contribution in [-0.2, 0) is 4.79 Å². The Bertz CT molecular complexity index is 512. The third-order valence-electron chi connectivity index (χ3n) is 3.46. The van der Waals surface area contributed by atoms with Crippen molar-refractivity contribution in [2.75, 3.05) is 25.5 Å². The number of hydrogen-bond donors (Lipinski definition) is 2. The third kappa shape index (κ3) is 2.75. The van der Waals surface area contributed by atoms with Crippen LogP contribution in [0.15, 0.2) is 24.3 Å². The zero-order valence-electron chi connectivity index (χ0n) is 11.5. The second-order valence-electron chi connectivity index (χ2n) is 5.14. The Labute approximate surface area is 117 Å². The van der Waals surface area contributed by atoms with Crippen LogP contribution in [-0.4, -0.2) is 59.8 Å². The minimum atomic E-state index is -1.08. The SMILES string of the molecule is CN(C)c1ccc(C(=O)N2C[C@H](O)C[C@@H]2C(=O)O)cc1. The molecule has 1 aliphatic rings. The van der Waals surface area contributed by atoms with E-state index >= 15 is 0 Å². The van der Waals surface area contributed by atoms with Gasteiger partial charge in [-0.2, -0.15) is 0 Å². The Morgan fingerprint density at radius 1 is 1.25 bits per heavy atom. The summed E-state index contributed by atoms with van der Waals surface area (Å²) in [7, 11) is 3.79. The van der Waals surface area contributed by atoms with Crippen LogP contribution in [0.4, 0.5) is 5.69 Å². The fourth-order valence-corrected chi connectivity index (χ4v) is 2.34. The molecule has 1 fully saturated rings. The maximum absolute atomic E-state index is 12.3. The molecule has 0 spiro atoms. The number of benzene rings is 1. The first-order valence-corrected chi connectivity index (χ1v) is 6.39. The van der Waals surface area contributed by atoms with Crippen LogP contribution in [0.1, 0.15) is 16.8 Å². The molecule has 6 heteroatoms. The molecule has 0 aliphatic carbocycles. The maximum Gasteiger partial charge on any atom is 0.326 e. The Morgan fingerprint density at radius 2 is 1.85 bits per heavy atom. The molecule has 1 aromatic rings. The van der Waals surface area contributed by atoms with Gasteiger partial charge in [-0.3, -0.25) is 4.79 Å². The number of aliphatic carboxylic acids is 1. The van der Waals surface area contributed by atoms with Crippen molar-refractivity contribution in [2.24, 2.45) is 0 Å². The van der Waals surface area contributed by atoms with E-state index in [9.17, 15) is 14.7 Å². The molecule has 1 aromatic carbocycles. The molecule has 2 rings (SSSR count). The maximum atomic E-state index is 12.3. The van der Waals surface area contributed by atoms with Gasteiger partial charge in [-0.15, -0.1) is 0 Å². The molecule has 0 saturated carbocycles. The van der Waals surface area contributed by atoms with Gasteiger partial charge in [0.15, 0.2) is 0 Å². The Balaban J connectivity index is 2.20. The van der Waals surface area contributed by atoms with Crippen LogP contribution in [0, 0.1) is 0 Å². The average molecular weight is 278 g/mol. The van der Waals surface area contributed by atoms with Gasteiger partial charge in [0.05, 0.1) is 6.10 Å². The number of amides is 1. The number of anilines is 1. The standard InChI is InChI=1S/C14H18N2O4/c1-15(2)10-5-3-9(4-6-10)13(18)16-8-11(17)7-12(16)14(19)20/h3-6,11-12,17H,7-8H2,1-2H3,(H,19,20)/t11-,12-/m1/s1. The van der Waals surface area contributed by atoms with Gasteiger partial charge in [0.2, 0.25) is 0 Å². The molecule has 108 valence electrons. The average Bonchev–Trinajstić information content (AvgIpc) is 2.80. The highest BCUT2D eigenvalue weighted by Gasteiger charge is 2.39. The van der Waals surface area contributed by atoms with Gasteiger partial charge < -0.3 is 20.0 Å². The number of aliphatic hydroxyl groups excluding tert-OH is 1. The molecule has 1 heterocycles. The van der Waals surface area contributed by atoms with Gasteiger partial charge in [-0.1, -0.05) is 0 Å². The van der Waals surface area contributed by atoms with Crippen molar-refractivity contribution in [3.8, 4) is 0 Å². The van der Waals surface area contributed by atoms with Crippen molar-refractivity contribution < 1.29 is 19.8 Å². The van der Waals surface area contributed by atoms with Gasteiger partial charge in [0.25, 0.3) is 5.91 Å². The predicted octanol–water partition coefficient (Wildman–Crippen LogP) is 0.413. The van der Waals surface area contributed by atoms with Crippen molar-refractivity contribution in [1.82, 2.24) is 4.90 Å². The number of likely N-dealkylation sites (tertiary alicyclic amines) is 1. The molecule has 2 atom stereocenters. The number of aliphatic hydroxyl groups is 1. The van der Waals surface area contributed by atoms with Gasteiger partial charge in [0.1, 0.15) is 6.04 Å². The number of carbonyl (C=O) groups is 2. The Hall–Kier alpha value is -2.08. The Kier molecular flexibility index (Phi) is 3.94. The number of carboxylic acid groups (broad SMARTS) is 1. The minimum absolute atomic E-state index is 0.0607. The van der Waals surface area contributed by atoms with Crippen LogP contribution in [0.5, 0.6) is 0 Å². The zero-order chi connectivity index (χ0) is 14.9.